The van der Waals surface area contributed by atoms with E-state index in [9.17, 15) is 14.7 Å². The van der Waals surface area contributed by atoms with Crippen LogP contribution in [0.3, 0.4) is 0 Å². The van der Waals surface area contributed by atoms with Crippen LogP contribution in [0.5, 0.6) is 5.75 Å². The smallest absolute Gasteiger partial charge is 0.337 e. The lowest BCUT2D eigenvalue weighted by molar-refractivity contribution is -0.117. The van der Waals surface area contributed by atoms with Crippen LogP contribution in [0.1, 0.15) is 23.2 Å². The van der Waals surface area contributed by atoms with Crippen LogP contribution in [0.4, 0.5) is 5.69 Å². The highest BCUT2D eigenvalue weighted by Gasteiger charge is 2.23. The van der Waals surface area contributed by atoms with Gasteiger partial charge in [-0.2, -0.15) is 0 Å². The highest BCUT2D eigenvalue weighted by atomic mass is 16.4. The quantitative estimate of drug-likeness (QED) is 0.594. The fourth-order valence-corrected chi connectivity index (χ4v) is 1.95. The lowest BCUT2D eigenvalue weighted by atomic mass is 10.1. The van der Waals surface area contributed by atoms with E-state index < -0.39 is 5.97 Å². The Morgan fingerprint density at radius 3 is 2.78 bits per heavy atom. The molecule has 6 heteroatoms. The summed E-state index contributed by atoms with van der Waals surface area (Å²) in [6.07, 6.45) is 1.67. The standard InChI is InChI=1S/C12H14N2O4/c15-7-3-4-9(8(6-7)12(17)18)14-11(16)10-2-1-5-13-10/h3-4,6,10,13,15H,1-2,5H2,(H,14,16)(H,17,18)/t10-/m1/s1. The third-order valence-electron chi connectivity index (χ3n) is 2.87. The van der Waals surface area contributed by atoms with Crippen molar-refractivity contribution in [2.75, 3.05) is 11.9 Å². The minimum atomic E-state index is -1.19. The van der Waals surface area contributed by atoms with Gasteiger partial charge >= 0.3 is 5.97 Å². The molecule has 2 rings (SSSR count). The van der Waals surface area contributed by atoms with Crippen molar-refractivity contribution in [3.8, 4) is 5.75 Å². The Balaban J connectivity index is 2.17. The molecule has 1 aromatic carbocycles. The molecule has 0 unspecified atom stereocenters. The van der Waals surface area contributed by atoms with Crippen molar-refractivity contribution in [1.82, 2.24) is 5.32 Å². The molecule has 1 saturated heterocycles. The highest BCUT2D eigenvalue weighted by Crippen LogP contribution is 2.22. The lowest BCUT2D eigenvalue weighted by Gasteiger charge is -2.13. The molecule has 1 atom stereocenters. The number of aromatic hydroxyl groups is 1. The largest absolute Gasteiger partial charge is 0.508 e. The van der Waals surface area contributed by atoms with Gasteiger partial charge in [0.15, 0.2) is 0 Å². The van der Waals surface area contributed by atoms with Crippen molar-refractivity contribution < 1.29 is 19.8 Å². The van der Waals surface area contributed by atoms with Gasteiger partial charge in [-0.1, -0.05) is 0 Å². The van der Waals surface area contributed by atoms with Crippen LogP contribution in [0.2, 0.25) is 0 Å². The molecular weight excluding hydrogens is 236 g/mol. The van der Waals surface area contributed by atoms with Crippen molar-refractivity contribution in [2.45, 2.75) is 18.9 Å². The molecule has 1 aliphatic rings. The molecule has 1 fully saturated rings. The monoisotopic (exact) mass is 250 g/mol. The molecule has 4 N–H and O–H groups in total. The maximum Gasteiger partial charge on any atom is 0.337 e. The van der Waals surface area contributed by atoms with Crippen molar-refractivity contribution >= 4 is 17.6 Å². The van der Waals surface area contributed by atoms with Gasteiger partial charge in [0, 0.05) is 0 Å². The zero-order valence-corrected chi connectivity index (χ0v) is 9.64. The van der Waals surface area contributed by atoms with Crippen LogP contribution >= 0.6 is 0 Å². The number of carboxylic acid groups (broad SMARTS) is 1. The molecule has 0 saturated carbocycles. The summed E-state index contributed by atoms with van der Waals surface area (Å²) in [6.45, 7) is 0.791. The Bertz CT molecular complexity index is 481. The molecule has 0 radical (unpaired) electrons. The van der Waals surface area contributed by atoms with E-state index in [1.807, 2.05) is 0 Å². The number of rotatable bonds is 3. The Labute approximate surface area is 104 Å². The first-order valence-corrected chi connectivity index (χ1v) is 5.68. The van der Waals surface area contributed by atoms with Crippen molar-refractivity contribution in [3.63, 3.8) is 0 Å². The van der Waals surface area contributed by atoms with E-state index >= 15 is 0 Å². The number of carbonyl (C=O) groups excluding carboxylic acids is 1. The van der Waals surface area contributed by atoms with Crippen molar-refractivity contribution in [2.24, 2.45) is 0 Å². The number of amides is 1. The zero-order chi connectivity index (χ0) is 13.1. The first kappa shape index (κ1) is 12.4. The van der Waals surface area contributed by atoms with E-state index in [4.69, 9.17) is 5.11 Å². The number of nitrogens with one attached hydrogen (secondary N) is 2. The van der Waals surface area contributed by atoms with Crippen LogP contribution < -0.4 is 10.6 Å². The maximum atomic E-state index is 11.8. The second kappa shape index (κ2) is 5.05. The minimum absolute atomic E-state index is 0.124. The van der Waals surface area contributed by atoms with Gasteiger partial charge in [0.25, 0.3) is 0 Å². The Hall–Kier alpha value is -2.08. The van der Waals surface area contributed by atoms with Gasteiger partial charge < -0.3 is 20.8 Å². The van der Waals surface area contributed by atoms with Gasteiger partial charge in [0.1, 0.15) is 5.75 Å². The van der Waals surface area contributed by atoms with E-state index in [-0.39, 0.29) is 28.9 Å². The van der Waals surface area contributed by atoms with E-state index in [1.165, 1.54) is 12.1 Å². The van der Waals surface area contributed by atoms with Gasteiger partial charge in [-0.25, -0.2) is 4.79 Å². The first-order valence-electron chi connectivity index (χ1n) is 5.68. The first-order chi connectivity index (χ1) is 8.58. The molecule has 18 heavy (non-hydrogen) atoms. The molecule has 96 valence electrons. The summed E-state index contributed by atoms with van der Waals surface area (Å²) in [6, 6.07) is 3.55. The van der Waals surface area contributed by atoms with Crippen molar-refractivity contribution in [1.29, 1.82) is 0 Å². The number of carboxylic acids is 1. The van der Waals surface area contributed by atoms with Crippen molar-refractivity contribution in [3.05, 3.63) is 23.8 Å². The van der Waals surface area contributed by atoms with E-state index in [0.29, 0.717) is 0 Å². The number of anilines is 1. The average Bonchev–Trinajstić information content (AvgIpc) is 2.84. The number of hydrogen-bond donors (Lipinski definition) is 4. The van der Waals surface area contributed by atoms with Gasteiger partial charge in [-0.15, -0.1) is 0 Å². The predicted octanol–water partition coefficient (Wildman–Crippen LogP) is 0.781. The Kier molecular flexibility index (Phi) is 3.47. The maximum absolute atomic E-state index is 11.8. The predicted molar refractivity (Wildman–Crippen MR) is 64.7 cm³/mol. The van der Waals surface area contributed by atoms with Crippen LogP contribution in [0.25, 0.3) is 0 Å². The van der Waals surface area contributed by atoms with Gasteiger partial charge in [-0.3, -0.25) is 4.79 Å². The molecule has 0 aliphatic carbocycles. The normalized spacial score (nSPS) is 18.6. The summed E-state index contributed by atoms with van der Waals surface area (Å²) in [4.78, 5) is 22.8. The molecule has 1 heterocycles. The fourth-order valence-electron chi connectivity index (χ4n) is 1.95. The van der Waals surface area contributed by atoms with Gasteiger partial charge in [0.2, 0.25) is 5.91 Å². The summed E-state index contributed by atoms with van der Waals surface area (Å²) in [5.41, 5.74) is 0.0698. The molecule has 0 bridgehead atoms. The van der Waals surface area contributed by atoms with E-state index in [1.54, 1.807) is 0 Å². The van der Waals surface area contributed by atoms with Gasteiger partial charge in [-0.05, 0) is 37.6 Å². The van der Waals surface area contributed by atoms with Crippen LogP contribution in [-0.2, 0) is 4.79 Å². The summed E-state index contributed by atoms with van der Waals surface area (Å²) in [5.74, 6) is -1.59. The molecule has 1 aromatic rings. The summed E-state index contributed by atoms with van der Waals surface area (Å²) in [7, 11) is 0. The lowest BCUT2D eigenvalue weighted by Crippen LogP contribution is -2.35. The Morgan fingerprint density at radius 1 is 1.39 bits per heavy atom. The minimum Gasteiger partial charge on any atom is -0.508 e. The average molecular weight is 250 g/mol. The molecule has 1 aliphatic heterocycles. The number of carbonyl (C=O) groups is 2. The second-order valence-corrected chi connectivity index (χ2v) is 4.17. The van der Waals surface area contributed by atoms with Gasteiger partial charge in [0.05, 0.1) is 17.3 Å². The van der Waals surface area contributed by atoms with Crippen LogP contribution in [-0.4, -0.2) is 34.7 Å². The summed E-state index contributed by atoms with van der Waals surface area (Å²) in [5, 5.41) is 23.8. The zero-order valence-electron chi connectivity index (χ0n) is 9.64. The Morgan fingerprint density at radius 2 is 2.17 bits per heavy atom. The van der Waals surface area contributed by atoms with E-state index in [0.717, 1.165) is 25.5 Å². The second-order valence-electron chi connectivity index (χ2n) is 4.17. The molecule has 6 nitrogen and oxygen atoms in total. The fraction of sp³-hybridized carbons (Fsp3) is 0.333. The third-order valence-corrected chi connectivity index (χ3v) is 2.87. The summed E-state index contributed by atoms with van der Waals surface area (Å²) >= 11 is 0. The van der Waals surface area contributed by atoms with E-state index in [2.05, 4.69) is 10.6 Å². The topological polar surface area (TPSA) is 98.7 Å². The SMILES string of the molecule is O=C(O)c1cc(O)ccc1NC(=O)[C@H]1CCCN1. The number of phenols is 1. The number of aromatic carboxylic acids is 1. The number of benzene rings is 1. The molecule has 0 aromatic heterocycles. The third kappa shape index (κ3) is 2.60. The van der Waals surface area contributed by atoms with Crippen LogP contribution in [0.15, 0.2) is 18.2 Å². The van der Waals surface area contributed by atoms with Crippen LogP contribution in [0, 0.1) is 0 Å². The number of hydrogen-bond acceptors (Lipinski definition) is 4. The summed E-state index contributed by atoms with van der Waals surface area (Å²) < 4.78 is 0. The molecule has 1 amide bonds. The molecule has 0 spiro atoms. The number of phenolic OH excluding ortho intramolecular Hbond substituents is 1. The molecular formula is C12H14N2O4. The highest BCUT2D eigenvalue weighted by molar-refractivity contribution is 6.02.